The lowest BCUT2D eigenvalue weighted by Gasteiger charge is -2.25. The molecule has 1 N–H and O–H groups in total. The fourth-order valence-electron chi connectivity index (χ4n) is 2.26. The average molecular weight is 359 g/mol. The molecule has 110 valence electrons. The molecule has 0 saturated heterocycles. The highest BCUT2D eigenvalue weighted by atomic mass is 79.9. The van der Waals surface area contributed by atoms with E-state index in [1.54, 1.807) is 6.20 Å². The summed E-state index contributed by atoms with van der Waals surface area (Å²) in [6.07, 6.45) is 6.00. The Balaban J connectivity index is 0.000000956. The number of halogens is 2. The molecule has 20 heavy (non-hydrogen) atoms. The molecule has 0 atom stereocenters. The number of nitrogens with zero attached hydrogens (tertiary/aromatic N) is 2. The molecule has 0 bridgehead atoms. The first-order chi connectivity index (χ1) is 9.69. The van der Waals surface area contributed by atoms with Crippen molar-refractivity contribution in [2.45, 2.75) is 39.5 Å². The molecule has 0 amide bonds. The molecule has 1 aromatic rings. The molecule has 0 radical (unpaired) electrons. The van der Waals surface area contributed by atoms with Gasteiger partial charge in [0.15, 0.2) is 0 Å². The summed E-state index contributed by atoms with van der Waals surface area (Å²) >= 11 is 9.33. The third-order valence-corrected chi connectivity index (χ3v) is 4.58. The van der Waals surface area contributed by atoms with Gasteiger partial charge in [0.2, 0.25) is 0 Å². The van der Waals surface area contributed by atoms with Gasteiger partial charge in [-0.15, -0.1) is 0 Å². The van der Waals surface area contributed by atoms with Crippen molar-refractivity contribution < 1.29 is 0 Å². The second-order valence-corrected chi connectivity index (χ2v) is 5.97. The Morgan fingerprint density at radius 2 is 2.05 bits per heavy atom. The zero-order chi connectivity index (χ0) is 15.0. The standard InChI is InChI=1S/C13H15BrClN3.C2H6/c14-11-8-18-13(5-12(11)15)17-7-10-3-1-9(6-16)2-4-10;1-2/h5,8-10H,1-4,7H2,(H,17,18);1-2H3. The van der Waals surface area contributed by atoms with Gasteiger partial charge in [0.1, 0.15) is 5.82 Å². The minimum Gasteiger partial charge on any atom is -0.370 e. The molecule has 3 nitrogen and oxygen atoms in total. The SMILES string of the molecule is CC.N#CC1CCC(CNc2cc(Cl)c(Br)cn2)CC1. The Morgan fingerprint density at radius 1 is 1.40 bits per heavy atom. The lowest BCUT2D eigenvalue weighted by atomic mass is 9.83. The van der Waals surface area contributed by atoms with E-state index < -0.39 is 0 Å². The maximum atomic E-state index is 8.85. The van der Waals surface area contributed by atoms with Crippen molar-refractivity contribution in [3.8, 4) is 6.07 Å². The second kappa shape index (κ2) is 9.20. The highest BCUT2D eigenvalue weighted by Crippen LogP contribution is 2.29. The highest BCUT2D eigenvalue weighted by Gasteiger charge is 2.20. The molecule has 1 fully saturated rings. The van der Waals surface area contributed by atoms with Crippen molar-refractivity contribution in [2.75, 3.05) is 11.9 Å². The molecule has 0 spiro atoms. The van der Waals surface area contributed by atoms with E-state index in [-0.39, 0.29) is 5.92 Å². The molecule has 5 heteroatoms. The van der Waals surface area contributed by atoms with Gasteiger partial charge >= 0.3 is 0 Å². The van der Waals surface area contributed by atoms with E-state index in [1.807, 2.05) is 19.9 Å². The summed E-state index contributed by atoms with van der Waals surface area (Å²) in [5.74, 6) is 1.71. The molecular formula is C15H21BrClN3. The van der Waals surface area contributed by atoms with Crippen molar-refractivity contribution in [1.82, 2.24) is 4.98 Å². The highest BCUT2D eigenvalue weighted by molar-refractivity contribution is 9.10. The molecule has 1 aromatic heterocycles. The number of nitriles is 1. The van der Waals surface area contributed by atoms with E-state index >= 15 is 0 Å². The van der Waals surface area contributed by atoms with Crippen LogP contribution in [-0.4, -0.2) is 11.5 Å². The molecule has 0 aromatic carbocycles. The van der Waals surface area contributed by atoms with Gasteiger partial charge in [-0.3, -0.25) is 0 Å². The topological polar surface area (TPSA) is 48.7 Å². The van der Waals surface area contributed by atoms with Gasteiger partial charge in [-0.25, -0.2) is 4.98 Å². The summed E-state index contributed by atoms with van der Waals surface area (Å²) in [6.45, 7) is 4.91. The summed E-state index contributed by atoms with van der Waals surface area (Å²) in [5.41, 5.74) is 0. The summed E-state index contributed by atoms with van der Waals surface area (Å²) < 4.78 is 0.809. The van der Waals surface area contributed by atoms with Gasteiger partial charge in [-0.2, -0.15) is 5.26 Å². The fraction of sp³-hybridized carbons (Fsp3) is 0.600. The van der Waals surface area contributed by atoms with Gasteiger partial charge in [0.25, 0.3) is 0 Å². The van der Waals surface area contributed by atoms with Gasteiger partial charge in [0, 0.05) is 24.7 Å². The normalized spacial score (nSPS) is 21.4. The van der Waals surface area contributed by atoms with Gasteiger partial charge in [-0.05, 0) is 47.5 Å². The molecule has 0 aliphatic heterocycles. The summed E-state index contributed by atoms with van der Waals surface area (Å²) in [4.78, 5) is 4.26. The van der Waals surface area contributed by atoms with Crippen LogP contribution in [-0.2, 0) is 0 Å². The zero-order valence-electron chi connectivity index (χ0n) is 12.0. The minimum absolute atomic E-state index is 0.265. The molecule has 1 heterocycles. The third-order valence-electron chi connectivity index (χ3n) is 3.41. The van der Waals surface area contributed by atoms with Crippen LogP contribution in [0.15, 0.2) is 16.7 Å². The van der Waals surface area contributed by atoms with Crippen molar-refractivity contribution in [2.24, 2.45) is 11.8 Å². The number of nitrogens with one attached hydrogen (secondary N) is 1. The second-order valence-electron chi connectivity index (χ2n) is 4.71. The van der Waals surface area contributed by atoms with Crippen LogP contribution in [0.4, 0.5) is 5.82 Å². The van der Waals surface area contributed by atoms with Crippen LogP contribution in [0.25, 0.3) is 0 Å². The largest absolute Gasteiger partial charge is 0.370 e. The van der Waals surface area contributed by atoms with Crippen LogP contribution < -0.4 is 5.32 Å². The Hall–Kier alpha value is -0.790. The van der Waals surface area contributed by atoms with Crippen LogP contribution in [0.1, 0.15) is 39.5 Å². The van der Waals surface area contributed by atoms with Crippen LogP contribution in [0.3, 0.4) is 0 Å². The zero-order valence-corrected chi connectivity index (χ0v) is 14.3. The lowest BCUT2D eigenvalue weighted by Crippen LogP contribution is -2.21. The molecule has 1 aliphatic rings. The molecule has 0 unspecified atom stereocenters. The molecule has 2 rings (SSSR count). The lowest BCUT2D eigenvalue weighted by molar-refractivity contribution is 0.327. The predicted molar refractivity (Wildman–Crippen MR) is 87.8 cm³/mol. The number of hydrogen-bond acceptors (Lipinski definition) is 3. The number of rotatable bonds is 3. The van der Waals surface area contributed by atoms with Crippen LogP contribution in [0.2, 0.25) is 5.02 Å². The fourth-order valence-corrected chi connectivity index (χ4v) is 2.62. The molecule has 1 aliphatic carbocycles. The molecule has 1 saturated carbocycles. The van der Waals surface area contributed by atoms with E-state index in [1.165, 1.54) is 0 Å². The number of pyridine rings is 1. The van der Waals surface area contributed by atoms with E-state index in [2.05, 4.69) is 32.3 Å². The minimum atomic E-state index is 0.265. The first-order valence-electron chi connectivity index (χ1n) is 7.13. The van der Waals surface area contributed by atoms with Gasteiger partial charge in [0.05, 0.1) is 15.6 Å². The van der Waals surface area contributed by atoms with E-state index in [4.69, 9.17) is 16.9 Å². The first kappa shape index (κ1) is 17.3. The van der Waals surface area contributed by atoms with E-state index in [0.717, 1.165) is 42.5 Å². The maximum absolute atomic E-state index is 8.85. The Kier molecular flexibility index (Phi) is 7.94. The number of hydrogen-bond donors (Lipinski definition) is 1. The Morgan fingerprint density at radius 3 is 2.60 bits per heavy atom. The van der Waals surface area contributed by atoms with Crippen molar-refractivity contribution in [3.05, 3.63) is 21.8 Å². The van der Waals surface area contributed by atoms with Crippen molar-refractivity contribution in [3.63, 3.8) is 0 Å². The van der Waals surface area contributed by atoms with Crippen LogP contribution in [0, 0.1) is 23.2 Å². The van der Waals surface area contributed by atoms with Gasteiger partial charge < -0.3 is 5.32 Å². The Labute approximate surface area is 134 Å². The van der Waals surface area contributed by atoms with Gasteiger partial charge in [-0.1, -0.05) is 25.4 Å². The monoisotopic (exact) mass is 357 g/mol. The van der Waals surface area contributed by atoms with E-state index in [9.17, 15) is 0 Å². The summed E-state index contributed by atoms with van der Waals surface area (Å²) in [6, 6.07) is 4.18. The Bertz CT molecular complexity index is 451. The first-order valence-corrected chi connectivity index (χ1v) is 8.30. The van der Waals surface area contributed by atoms with Crippen LogP contribution >= 0.6 is 27.5 Å². The average Bonchev–Trinajstić information content (AvgIpc) is 2.51. The van der Waals surface area contributed by atoms with E-state index in [0.29, 0.717) is 10.9 Å². The number of anilines is 1. The summed E-state index contributed by atoms with van der Waals surface area (Å²) in [5, 5.41) is 12.8. The third kappa shape index (κ3) is 5.30. The van der Waals surface area contributed by atoms with Crippen molar-refractivity contribution >= 4 is 33.3 Å². The predicted octanol–water partition coefficient (Wildman–Crippen LogP) is 5.27. The summed E-state index contributed by atoms with van der Waals surface area (Å²) in [7, 11) is 0. The van der Waals surface area contributed by atoms with Crippen molar-refractivity contribution in [1.29, 1.82) is 5.26 Å². The molecular weight excluding hydrogens is 338 g/mol. The quantitative estimate of drug-likeness (QED) is 0.801. The maximum Gasteiger partial charge on any atom is 0.127 e. The van der Waals surface area contributed by atoms with Crippen LogP contribution in [0.5, 0.6) is 0 Å². The smallest absolute Gasteiger partial charge is 0.127 e. The number of aromatic nitrogens is 1.